The lowest BCUT2D eigenvalue weighted by atomic mass is 10.1. The van der Waals surface area contributed by atoms with Crippen molar-refractivity contribution in [1.82, 2.24) is 14.7 Å². The number of fused-ring (bicyclic) bond motifs is 1. The van der Waals surface area contributed by atoms with Gasteiger partial charge in [0.15, 0.2) is 0 Å². The largest absolute Gasteiger partial charge is 0.497 e. The minimum atomic E-state index is 0.0272. The van der Waals surface area contributed by atoms with Crippen molar-refractivity contribution < 1.29 is 4.74 Å². The molecule has 0 fully saturated rings. The van der Waals surface area contributed by atoms with Gasteiger partial charge in [-0.25, -0.2) is 4.68 Å². The minimum Gasteiger partial charge on any atom is -0.497 e. The van der Waals surface area contributed by atoms with Gasteiger partial charge in [0.05, 0.1) is 18.5 Å². The highest BCUT2D eigenvalue weighted by molar-refractivity contribution is 6.30. The van der Waals surface area contributed by atoms with Crippen LogP contribution in [0.4, 0.5) is 0 Å². The van der Waals surface area contributed by atoms with Crippen LogP contribution in [0.2, 0.25) is 5.02 Å². The molecule has 0 unspecified atom stereocenters. The number of ether oxygens (including phenoxy) is 1. The maximum atomic E-state index is 12.8. The Morgan fingerprint density at radius 1 is 1.19 bits per heavy atom. The van der Waals surface area contributed by atoms with E-state index < -0.39 is 0 Å². The molecule has 3 aromatic rings. The van der Waals surface area contributed by atoms with Gasteiger partial charge < -0.3 is 4.74 Å². The number of nitrogens with one attached hydrogen (secondary N) is 1. The van der Waals surface area contributed by atoms with Crippen LogP contribution in [0.25, 0.3) is 5.69 Å². The summed E-state index contributed by atoms with van der Waals surface area (Å²) in [7, 11) is 1.62. The third-order valence-corrected chi connectivity index (χ3v) is 5.01. The van der Waals surface area contributed by atoms with E-state index in [-0.39, 0.29) is 5.56 Å². The molecular weight excluding hydrogens is 350 g/mol. The maximum Gasteiger partial charge on any atom is 0.274 e. The summed E-state index contributed by atoms with van der Waals surface area (Å²) in [5.74, 6) is 0.728. The molecule has 1 N–H and O–H groups in total. The number of methoxy groups -OCH3 is 1. The lowest BCUT2D eigenvalue weighted by Crippen LogP contribution is -2.31. The third kappa shape index (κ3) is 3.28. The van der Waals surface area contributed by atoms with Crippen molar-refractivity contribution in [2.75, 3.05) is 13.7 Å². The van der Waals surface area contributed by atoms with Gasteiger partial charge in [-0.2, -0.15) is 0 Å². The lowest BCUT2D eigenvalue weighted by Gasteiger charge is -2.25. The van der Waals surface area contributed by atoms with Crippen LogP contribution in [-0.2, 0) is 19.5 Å². The summed E-state index contributed by atoms with van der Waals surface area (Å²) in [4.78, 5) is 15.1. The van der Waals surface area contributed by atoms with Crippen molar-refractivity contribution >= 4 is 11.6 Å². The first-order valence-electron chi connectivity index (χ1n) is 8.58. The number of aromatic nitrogens is 2. The molecule has 1 aromatic heterocycles. The Morgan fingerprint density at radius 2 is 2.00 bits per heavy atom. The Kier molecular flexibility index (Phi) is 4.57. The molecule has 0 bridgehead atoms. The number of H-pyrrole nitrogens is 1. The molecule has 0 amide bonds. The highest BCUT2D eigenvalue weighted by Gasteiger charge is 2.23. The van der Waals surface area contributed by atoms with Gasteiger partial charge in [-0.1, -0.05) is 29.8 Å². The molecule has 5 nitrogen and oxygen atoms in total. The Bertz CT molecular complexity index is 975. The number of hydrogen-bond donors (Lipinski definition) is 1. The van der Waals surface area contributed by atoms with Crippen LogP contribution >= 0.6 is 11.6 Å². The van der Waals surface area contributed by atoms with Crippen LogP contribution in [0.5, 0.6) is 5.75 Å². The zero-order valence-electron chi connectivity index (χ0n) is 14.5. The molecule has 0 saturated heterocycles. The van der Waals surface area contributed by atoms with Crippen molar-refractivity contribution in [1.29, 1.82) is 0 Å². The zero-order chi connectivity index (χ0) is 18.1. The van der Waals surface area contributed by atoms with E-state index in [0.717, 1.165) is 53.8 Å². The van der Waals surface area contributed by atoms with Crippen molar-refractivity contribution in [2.45, 2.75) is 19.5 Å². The van der Waals surface area contributed by atoms with Crippen molar-refractivity contribution in [3.8, 4) is 11.4 Å². The summed E-state index contributed by atoms with van der Waals surface area (Å²) >= 11 is 5.96. The number of aromatic amines is 1. The Balaban J connectivity index is 1.58. The van der Waals surface area contributed by atoms with E-state index in [9.17, 15) is 4.79 Å². The fourth-order valence-corrected chi connectivity index (χ4v) is 3.52. The summed E-state index contributed by atoms with van der Waals surface area (Å²) in [6.45, 7) is 2.42. The van der Waals surface area contributed by atoms with E-state index in [1.54, 1.807) is 11.8 Å². The van der Waals surface area contributed by atoms with Crippen LogP contribution in [0, 0.1) is 0 Å². The van der Waals surface area contributed by atoms with Crippen molar-refractivity contribution in [2.24, 2.45) is 0 Å². The second kappa shape index (κ2) is 7.02. The number of rotatable bonds is 4. The average Bonchev–Trinajstić information content (AvgIpc) is 3.00. The second-order valence-corrected chi connectivity index (χ2v) is 6.93. The summed E-state index contributed by atoms with van der Waals surface area (Å²) < 4.78 is 6.87. The van der Waals surface area contributed by atoms with Gasteiger partial charge >= 0.3 is 0 Å². The van der Waals surface area contributed by atoms with Gasteiger partial charge in [-0.15, -0.1) is 0 Å². The summed E-state index contributed by atoms with van der Waals surface area (Å²) in [5.41, 5.74) is 3.89. The third-order valence-electron chi connectivity index (χ3n) is 4.76. The van der Waals surface area contributed by atoms with Gasteiger partial charge in [-0.3, -0.25) is 14.8 Å². The average molecular weight is 370 g/mol. The van der Waals surface area contributed by atoms with E-state index in [1.807, 2.05) is 48.5 Å². The maximum absolute atomic E-state index is 12.8. The standard InChI is InChI=1S/C20H20ClN3O2/c1-26-17-4-2-3-16(11-17)24-20(25)18-9-10-23(13-19(18)22-24)12-14-5-7-15(21)8-6-14/h2-8,11,22H,9-10,12-13H2,1H3. The van der Waals surface area contributed by atoms with E-state index in [4.69, 9.17) is 16.3 Å². The van der Waals surface area contributed by atoms with Crippen LogP contribution in [0.3, 0.4) is 0 Å². The molecule has 2 aromatic carbocycles. The molecule has 0 spiro atoms. The number of nitrogens with zero attached hydrogens (tertiary/aromatic N) is 2. The molecule has 1 aliphatic rings. The molecule has 26 heavy (non-hydrogen) atoms. The monoisotopic (exact) mass is 369 g/mol. The summed E-state index contributed by atoms with van der Waals surface area (Å²) in [5, 5.41) is 4.03. The lowest BCUT2D eigenvalue weighted by molar-refractivity contribution is 0.242. The fourth-order valence-electron chi connectivity index (χ4n) is 3.39. The quantitative estimate of drug-likeness (QED) is 0.767. The molecule has 0 saturated carbocycles. The SMILES string of the molecule is COc1cccc(-n2[nH]c3c(c2=O)CCN(Cc2ccc(Cl)cc2)C3)c1. The Labute approximate surface area is 156 Å². The van der Waals surface area contributed by atoms with Crippen LogP contribution in [0.15, 0.2) is 53.3 Å². The van der Waals surface area contributed by atoms with Gasteiger partial charge in [0.2, 0.25) is 0 Å². The van der Waals surface area contributed by atoms with E-state index in [2.05, 4.69) is 10.00 Å². The van der Waals surface area contributed by atoms with Gasteiger partial charge in [0.25, 0.3) is 5.56 Å². The van der Waals surface area contributed by atoms with Crippen molar-refractivity contribution in [3.05, 3.63) is 80.7 Å². The van der Waals surface area contributed by atoms with Crippen LogP contribution in [-0.4, -0.2) is 28.3 Å². The van der Waals surface area contributed by atoms with E-state index >= 15 is 0 Å². The molecule has 1 aliphatic heterocycles. The summed E-state index contributed by atoms with van der Waals surface area (Å²) in [6.07, 6.45) is 0.745. The molecule has 0 atom stereocenters. The number of hydrogen-bond acceptors (Lipinski definition) is 3. The van der Waals surface area contributed by atoms with Crippen molar-refractivity contribution in [3.63, 3.8) is 0 Å². The molecule has 4 rings (SSSR count). The molecule has 0 aliphatic carbocycles. The van der Waals surface area contributed by atoms with Crippen LogP contribution in [0.1, 0.15) is 16.8 Å². The Morgan fingerprint density at radius 3 is 2.77 bits per heavy atom. The molecular formula is C20H20ClN3O2. The predicted molar refractivity (Wildman–Crippen MR) is 102 cm³/mol. The molecule has 134 valence electrons. The van der Waals surface area contributed by atoms with Gasteiger partial charge in [0, 0.05) is 36.3 Å². The van der Waals surface area contributed by atoms with Crippen LogP contribution < -0.4 is 10.3 Å². The minimum absolute atomic E-state index is 0.0272. The topological polar surface area (TPSA) is 50.3 Å². The van der Waals surface area contributed by atoms with Gasteiger partial charge in [0.1, 0.15) is 5.75 Å². The number of halogens is 1. The normalized spacial score (nSPS) is 14.2. The highest BCUT2D eigenvalue weighted by Crippen LogP contribution is 2.20. The number of benzene rings is 2. The molecule has 2 heterocycles. The first-order chi connectivity index (χ1) is 12.6. The first kappa shape index (κ1) is 16.9. The molecule has 6 heteroatoms. The first-order valence-corrected chi connectivity index (χ1v) is 8.96. The van der Waals surface area contributed by atoms with E-state index in [1.165, 1.54) is 5.56 Å². The highest BCUT2D eigenvalue weighted by atomic mass is 35.5. The Hall–Kier alpha value is -2.50. The van der Waals surface area contributed by atoms with Gasteiger partial charge in [-0.05, 0) is 36.2 Å². The predicted octanol–water partition coefficient (Wildman–Crippen LogP) is 3.39. The van der Waals surface area contributed by atoms with E-state index in [0.29, 0.717) is 0 Å². The fraction of sp³-hybridized carbons (Fsp3) is 0.250. The second-order valence-electron chi connectivity index (χ2n) is 6.50. The summed E-state index contributed by atoms with van der Waals surface area (Å²) in [6, 6.07) is 15.4. The zero-order valence-corrected chi connectivity index (χ0v) is 15.3. The smallest absolute Gasteiger partial charge is 0.274 e. The molecule has 0 radical (unpaired) electrons.